The number of hydrogen-bond acceptors (Lipinski definition) is 4. The van der Waals surface area contributed by atoms with Crippen LogP contribution in [0.1, 0.15) is 23.6 Å². The molecule has 0 fully saturated rings. The number of anilines is 1. The summed E-state index contributed by atoms with van der Waals surface area (Å²) in [5, 5.41) is 2.94. The molecule has 27 heavy (non-hydrogen) atoms. The molecule has 1 aliphatic heterocycles. The van der Waals surface area contributed by atoms with Crippen LogP contribution in [-0.4, -0.2) is 37.5 Å². The fourth-order valence-corrected chi connectivity index (χ4v) is 3.28. The van der Waals surface area contributed by atoms with E-state index >= 15 is 0 Å². The van der Waals surface area contributed by atoms with Crippen LogP contribution in [0, 0.1) is 0 Å². The van der Waals surface area contributed by atoms with Gasteiger partial charge in [-0.05, 0) is 47.4 Å². The Morgan fingerprint density at radius 1 is 1.04 bits per heavy atom. The Balaban J connectivity index is 1.68. The van der Waals surface area contributed by atoms with Gasteiger partial charge < -0.3 is 19.7 Å². The summed E-state index contributed by atoms with van der Waals surface area (Å²) in [5.41, 5.74) is 3.89. The van der Waals surface area contributed by atoms with Gasteiger partial charge in [-0.25, -0.2) is 0 Å². The summed E-state index contributed by atoms with van der Waals surface area (Å²) in [6.07, 6.45) is 1.08. The minimum atomic E-state index is -0.110. The number of amides is 2. The number of carbonyl (C=O) groups excluding carboxylic acids is 2. The van der Waals surface area contributed by atoms with E-state index < -0.39 is 0 Å². The van der Waals surface area contributed by atoms with E-state index in [0.29, 0.717) is 18.0 Å². The predicted molar refractivity (Wildman–Crippen MR) is 103 cm³/mol. The quantitative estimate of drug-likeness (QED) is 0.881. The fourth-order valence-electron chi connectivity index (χ4n) is 3.28. The number of ether oxygens (including phenoxy) is 2. The van der Waals surface area contributed by atoms with E-state index in [9.17, 15) is 9.59 Å². The van der Waals surface area contributed by atoms with Crippen molar-refractivity contribution < 1.29 is 19.1 Å². The first-order valence-corrected chi connectivity index (χ1v) is 8.88. The highest BCUT2D eigenvalue weighted by molar-refractivity contribution is 5.92. The zero-order chi connectivity index (χ0) is 19.4. The molecule has 3 rings (SSSR count). The minimum absolute atomic E-state index is 0.0727. The molecule has 6 heteroatoms. The maximum atomic E-state index is 12.4. The number of fused-ring (bicyclic) bond motifs is 1. The Labute approximate surface area is 159 Å². The van der Waals surface area contributed by atoms with Crippen LogP contribution in [0.25, 0.3) is 0 Å². The molecule has 1 N–H and O–H groups in total. The van der Waals surface area contributed by atoms with Crippen LogP contribution in [-0.2, 0) is 29.0 Å². The van der Waals surface area contributed by atoms with E-state index in [2.05, 4.69) is 5.32 Å². The first kappa shape index (κ1) is 18.8. The summed E-state index contributed by atoms with van der Waals surface area (Å²) < 4.78 is 10.5. The third kappa shape index (κ3) is 4.39. The lowest BCUT2D eigenvalue weighted by Crippen LogP contribution is -2.34. The van der Waals surface area contributed by atoms with Gasteiger partial charge in [0.05, 0.1) is 20.6 Å². The van der Waals surface area contributed by atoms with E-state index in [1.165, 1.54) is 5.56 Å². The molecule has 0 saturated heterocycles. The Morgan fingerprint density at radius 3 is 2.52 bits per heavy atom. The van der Waals surface area contributed by atoms with Crippen molar-refractivity contribution in [1.82, 2.24) is 4.90 Å². The molecular weight excluding hydrogens is 344 g/mol. The molecule has 1 aliphatic rings. The Hall–Kier alpha value is -3.02. The second kappa shape index (κ2) is 8.12. The van der Waals surface area contributed by atoms with E-state index in [4.69, 9.17) is 9.47 Å². The number of nitrogens with zero attached hydrogens (tertiary/aromatic N) is 1. The summed E-state index contributed by atoms with van der Waals surface area (Å²) in [4.78, 5) is 25.9. The van der Waals surface area contributed by atoms with Crippen LogP contribution >= 0.6 is 0 Å². The highest BCUT2D eigenvalue weighted by atomic mass is 16.5. The molecule has 2 aromatic carbocycles. The van der Waals surface area contributed by atoms with Gasteiger partial charge in [0.25, 0.3) is 0 Å². The molecule has 0 unspecified atom stereocenters. The molecule has 0 saturated carbocycles. The number of hydrogen-bond donors (Lipinski definition) is 1. The Bertz CT molecular complexity index is 863. The van der Waals surface area contributed by atoms with Crippen molar-refractivity contribution in [3.05, 3.63) is 53.1 Å². The lowest BCUT2D eigenvalue weighted by Gasteiger charge is -2.28. The van der Waals surface area contributed by atoms with Gasteiger partial charge in [-0.3, -0.25) is 9.59 Å². The minimum Gasteiger partial charge on any atom is -0.493 e. The zero-order valence-corrected chi connectivity index (χ0v) is 15.9. The Morgan fingerprint density at radius 2 is 1.81 bits per heavy atom. The van der Waals surface area contributed by atoms with Crippen LogP contribution in [0.5, 0.6) is 11.5 Å². The van der Waals surface area contributed by atoms with Gasteiger partial charge in [0, 0.05) is 25.7 Å². The van der Waals surface area contributed by atoms with Crippen molar-refractivity contribution in [3.8, 4) is 11.5 Å². The maximum absolute atomic E-state index is 12.4. The summed E-state index contributed by atoms with van der Waals surface area (Å²) in [6.45, 7) is 2.91. The Kier molecular flexibility index (Phi) is 5.64. The average Bonchev–Trinajstić information content (AvgIpc) is 2.67. The molecule has 0 radical (unpaired) electrons. The molecular formula is C21H24N2O4. The van der Waals surface area contributed by atoms with Gasteiger partial charge >= 0.3 is 0 Å². The third-order valence-corrected chi connectivity index (χ3v) is 4.76. The fraction of sp³-hybridized carbons (Fsp3) is 0.333. The largest absolute Gasteiger partial charge is 0.493 e. The molecule has 0 atom stereocenters. The van der Waals surface area contributed by atoms with E-state index in [1.807, 2.05) is 29.2 Å². The van der Waals surface area contributed by atoms with Crippen LogP contribution in [0.4, 0.5) is 5.69 Å². The van der Waals surface area contributed by atoms with E-state index in [1.54, 1.807) is 33.3 Å². The van der Waals surface area contributed by atoms with Gasteiger partial charge in [0.1, 0.15) is 0 Å². The van der Waals surface area contributed by atoms with E-state index in [-0.39, 0.29) is 18.2 Å². The smallest absolute Gasteiger partial charge is 0.228 e. The van der Waals surface area contributed by atoms with Gasteiger partial charge in [-0.2, -0.15) is 0 Å². The molecule has 2 amide bonds. The number of nitrogens with one attached hydrogen (secondary N) is 1. The van der Waals surface area contributed by atoms with Crippen LogP contribution in [0.2, 0.25) is 0 Å². The molecule has 142 valence electrons. The van der Waals surface area contributed by atoms with Crippen molar-refractivity contribution in [1.29, 1.82) is 0 Å². The predicted octanol–water partition coefficient (Wildman–Crippen LogP) is 2.79. The van der Waals surface area contributed by atoms with Crippen molar-refractivity contribution in [2.45, 2.75) is 26.3 Å². The summed E-state index contributed by atoms with van der Waals surface area (Å²) in [7, 11) is 3.15. The van der Waals surface area contributed by atoms with Crippen LogP contribution < -0.4 is 14.8 Å². The van der Waals surface area contributed by atoms with Gasteiger partial charge in [0.15, 0.2) is 11.5 Å². The second-order valence-corrected chi connectivity index (χ2v) is 6.59. The second-order valence-electron chi connectivity index (χ2n) is 6.59. The molecule has 0 aromatic heterocycles. The monoisotopic (exact) mass is 368 g/mol. The first-order valence-electron chi connectivity index (χ1n) is 8.88. The zero-order valence-electron chi connectivity index (χ0n) is 15.9. The topological polar surface area (TPSA) is 67.9 Å². The summed E-state index contributed by atoms with van der Waals surface area (Å²) >= 11 is 0. The third-order valence-electron chi connectivity index (χ3n) is 4.76. The van der Waals surface area contributed by atoms with Gasteiger partial charge in [-0.1, -0.05) is 12.1 Å². The van der Waals surface area contributed by atoms with Gasteiger partial charge in [-0.15, -0.1) is 0 Å². The maximum Gasteiger partial charge on any atom is 0.228 e. The lowest BCUT2D eigenvalue weighted by molar-refractivity contribution is -0.129. The van der Waals surface area contributed by atoms with Crippen LogP contribution in [0.15, 0.2) is 36.4 Å². The highest BCUT2D eigenvalue weighted by Crippen LogP contribution is 2.28. The molecule has 6 nitrogen and oxygen atoms in total. The SMILES string of the molecule is COc1ccc(CC(=O)Nc2ccc3c(c2)CN(C(C)=O)CC3)cc1OC. The lowest BCUT2D eigenvalue weighted by atomic mass is 9.99. The summed E-state index contributed by atoms with van der Waals surface area (Å²) in [5.74, 6) is 1.19. The van der Waals surface area contributed by atoms with Gasteiger partial charge in [0.2, 0.25) is 11.8 Å². The standard InChI is InChI=1S/C21H24N2O4/c1-14(24)23-9-8-16-5-6-18(12-17(16)13-23)22-21(25)11-15-4-7-19(26-2)20(10-15)27-3/h4-7,10,12H,8-9,11,13H2,1-3H3,(H,22,25). The van der Waals surface area contributed by atoms with Crippen molar-refractivity contribution in [2.75, 3.05) is 26.1 Å². The van der Waals surface area contributed by atoms with Crippen LogP contribution in [0.3, 0.4) is 0 Å². The molecule has 1 heterocycles. The summed E-state index contributed by atoms with van der Waals surface area (Å²) in [6, 6.07) is 11.3. The highest BCUT2D eigenvalue weighted by Gasteiger charge is 2.18. The number of methoxy groups -OCH3 is 2. The first-order chi connectivity index (χ1) is 13.0. The number of carbonyl (C=O) groups is 2. The molecule has 2 aromatic rings. The molecule has 0 aliphatic carbocycles. The molecule has 0 spiro atoms. The van der Waals surface area contributed by atoms with Crippen molar-refractivity contribution >= 4 is 17.5 Å². The number of benzene rings is 2. The van der Waals surface area contributed by atoms with Crippen molar-refractivity contribution in [2.24, 2.45) is 0 Å². The number of rotatable bonds is 5. The molecule has 0 bridgehead atoms. The average molecular weight is 368 g/mol. The van der Waals surface area contributed by atoms with E-state index in [0.717, 1.165) is 29.8 Å². The van der Waals surface area contributed by atoms with Crippen molar-refractivity contribution in [3.63, 3.8) is 0 Å². The normalized spacial score (nSPS) is 12.9.